The molecule has 31 heavy (non-hydrogen) atoms. The Hall–Kier alpha value is -3.35. The van der Waals surface area contributed by atoms with Gasteiger partial charge in [-0.1, -0.05) is 12.1 Å². The van der Waals surface area contributed by atoms with E-state index in [0.717, 1.165) is 23.8 Å². The van der Waals surface area contributed by atoms with Crippen molar-refractivity contribution in [2.75, 3.05) is 13.7 Å². The van der Waals surface area contributed by atoms with Crippen molar-refractivity contribution in [2.24, 2.45) is 0 Å². The first-order chi connectivity index (χ1) is 15.0. The van der Waals surface area contributed by atoms with Crippen LogP contribution in [0, 0.1) is 5.82 Å². The van der Waals surface area contributed by atoms with Crippen LogP contribution in [0.1, 0.15) is 47.8 Å². The standard InChI is InChI=1S/C24H23FN2O4/c1-30-18-7-8-19-16(13-18)14-20(31-19)23(29)27-12-2-10-24(11-9-21(28)26-24)22(27)15-3-5-17(25)6-4-15/h3-8,13-14,22H,2,9-12H2,1H3,(H,26,28)/t22-,24+/m1/s1. The molecule has 0 aliphatic carbocycles. The van der Waals surface area contributed by atoms with Crippen LogP contribution in [-0.4, -0.2) is 35.9 Å². The summed E-state index contributed by atoms with van der Waals surface area (Å²) in [6.45, 7) is 0.527. The molecular formula is C24H23FN2O4. The molecule has 2 atom stereocenters. The molecule has 0 saturated carbocycles. The van der Waals surface area contributed by atoms with Gasteiger partial charge in [0.1, 0.15) is 17.1 Å². The fourth-order valence-electron chi connectivity index (χ4n) is 5.02. The molecule has 1 aromatic heterocycles. The second kappa shape index (κ2) is 7.41. The van der Waals surface area contributed by atoms with E-state index in [9.17, 15) is 14.0 Å². The van der Waals surface area contributed by atoms with Gasteiger partial charge in [0.2, 0.25) is 5.91 Å². The number of methoxy groups -OCH3 is 1. The lowest BCUT2D eigenvalue weighted by Crippen LogP contribution is -2.58. The van der Waals surface area contributed by atoms with Gasteiger partial charge in [0.05, 0.1) is 18.7 Å². The summed E-state index contributed by atoms with van der Waals surface area (Å²) in [5.41, 5.74) is 0.843. The Morgan fingerprint density at radius 3 is 2.71 bits per heavy atom. The molecule has 2 amide bonds. The summed E-state index contributed by atoms with van der Waals surface area (Å²) in [6, 6.07) is 12.9. The number of likely N-dealkylation sites (tertiary alicyclic amines) is 1. The van der Waals surface area contributed by atoms with Gasteiger partial charge in [0, 0.05) is 18.4 Å². The van der Waals surface area contributed by atoms with Gasteiger partial charge in [0.15, 0.2) is 5.76 Å². The maximum atomic E-state index is 13.6. The van der Waals surface area contributed by atoms with Crippen molar-refractivity contribution in [3.05, 3.63) is 65.7 Å². The molecule has 6 nitrogen and oxygen atoms in total. The van der Waals surface area contributed by atoms with Crippen molar-refractivity contribution in [1.29, 1.82) is 0 Å². The second-order valence-electron chi connectivity index (χ2n) is 8.27. The number of piperidine rings is 1. The Morgan fingerprint density at radius 2 is 2.00 bits per heavy atom. The fraction of sp³-hybridized carbons (Fsp3) is 0.333. The Bertz CT molecular complexity index is 1160. The molecule has 2 fully saturated rings. The maximum absolute atomic E-state index is 13.6. The zero-order valence-corrected chi connectivity index (χ0v) is 17.2. The van der Waals surface area contributed by atoms with Gasteiger partial charge < -0.3 is 19.4 Å². The van der Waals surface area contributed by atoms with Gasteiger partial charge in [-0.2, -0.15) is 0 Å². The minimum atomic E-state index is -0.557. The predicted molar refractivity (Wildman–Crippen MR) is 112 cm³/mol. The summed E-state index contributed by atoms with van der Waals surface area (Å²) >= 11 is 0. The van der Waals surface area contributed by atoms with E-state index in [1.54, 1.807) is 42.3 Å². The van der Waals surface area contributed by atoms with E-state index in [1.165, 1.54) is 12.1 Å². The van der Waals surface area contributed by atoms with E-state index in [0.29, 0.717) is 30.7 Å². The molecule has 2 saturated heterocycles. The Balaban J connectivity index is 1.56. The second-order valence-corrected chi connectivity index (χ2v) is 8.27. The molecule has 0 unspecified atom stereocenters. The Morgan fingerprint density at radius 1 is 1.19 bits per heavy atom. The maximum Gasteiger partial charge on any atom is 0.290 e. The Kier molecular flexibility index (Phi) is 4.68. The number of halogens is 1. The lowest BCUT2D eigenvalue weighted by Gasteiger charge is -2.48. The van der Waals surface area contributed by atoms with Crippen molar-refractivity contribution in [3.8, 4) is 5.75 Å². The summed E-state index contributed by atoms with van der Waals surface area (Å²) < 4.78 is 24.7. The van der Waals surface area contributed by atoms with Gasteiger partial charge in [-0.25, -0.2) is 4.39 Å². The number of carbonyl (C=O) groups excluding carboxylic acids is 2. The molecule has 1 spiro atoms. The predicted octanol–water partition coefficient (Wildman–Crippen LogP) is 4.21. The van der Waals surface area contributed by atoms with E-state index in [4.69, 9.17) is 9.15 Å². The van der Waals surface area contributed by atoms with Crippen LogP contribution in [0.15, 0.2) is 52.9 Å². The number of rotatable bonds is 3. The van der Waals surface area contributed by atoms with Gasteiger partial charge in [-0.15, -0.1) is 0 Å². The molecule has 5 rings (SSSR count). The summed E-state index contributed by atoms with van der Waals surface area (Å²) in [5, 5.41) is 3.92. The van der Waals surface area contributed by atoms with Crippen molar-refractivity contribution < 1.29 is 23.1 Å². The Labute approximate surface area is 179 Å². The first-order valence-electron chi connectivity index (χ1n) is 10.4. The summed E-state index contributed by atoms with van der Waals surface area (Å²) in [4.78, 5) is 27.5. The monoisotopic (exact) mass is 422 g/mol. The summed E-state index contributed by atoms with van der Waals surface area (Å²) in [5.74, 6) is 0.314. The largest absolute Gasteiger partial charge is 0.497 e. The van der Waals surface area contributed by atoms with Crippen LogP contribution in [0.4, 0.5) is 4.39 Å². The molecule has 2 aliphatic rings. The SMILES string of the molecule is COc1ccc2oc(C(=O)N3CCC[C@]4(CCC(=O)N4)[C@H]3c3ccc(F)cc3)cc2c1. The van der Waals surface area contributed by atoms with Gasteiger partial charge in [0.25, 0.3) is 5.91 Å². The molecule has 7 heteroatoms. The normalized spacial score (nSPS) is 23.4. The molecular weight excluding hydrogens is 399 g/mol. The zero-order valence-electron chi connectivity index (χ0n) is 17.2. The van der Waals surface area contributed by atoms with E-state index in [-0.39, 0.29) is 23.4 Å². The number of hydrogen-bond acceptors (Lipinski definition) is 4. The molecule has 3 heterocycles. The molecule has 0 radical (unpaired) electrons. The van der Waals surface area contributed by atoms with E-state index in [2.05, 4.69) is 5.32 Å². The van der Waals surface area contributed by atoms with Crippen molar-refractivity contribution in [2.45, 2.75) is 37.3 Å². The van der Waals surface area contributed by atoms with Gasteiger partial charge >= 0.3 is 0 Å². The number of nitrogens with zero attached hydrogens (tertiary/aromatic N) is 1. The molecule has 0 bridgehead atoms. The van der Waals surface area contributed by atoms with Gasteiger partial charge in [-0.3, -0.25) is 9.59 Å². The minimum Gasteiger partial charge on any atom is -0.497 e. The number of carbonyl (C=O) groups is 2. The van der Waals surface area contributed by atoms with Crippen LogP contribution in [0.5, 0.6) is 5.75 Å². The fourth-order valence-corrected chi connectivity index (χ4v) is 5.02. The average molecular weight is 422 g/mol. The highest BCUT2D eigenvalue weighted by Gasteiger charge is 2.51. The van der Waals surface area contributed by atoms with Crippen LogP contribution in [0.2, 0.25) is 0 Å². The minimum absolute atomic E-state index is 0.0164. The first kappa shape index (κ1) is 19.6. The zero-order chi connectivity index (χ0) is 21.6. The van der Waals surface area contributed by atoms with E-state index in [1.807, 2.05) is 6.07 Å². The number of fused-ring (bicyclic) bond motifs is 1. The number of furan rings is 1. The topological polar surface area (TPSA) is 71.8 Å². The van der Waals surface area contributed by atoms with E-state index >= 15 is 0 Å². The highest BCUT2D eigenvalue weighted by molar-refractivity contribution is 5.97. The molecule has 1 N–H and O–H groups in total. The number of nitrogens with one attached hydrogen (secondary N) is 1. The average Bonchev–Trinajstić information content (AvgIpc) is 3.37. The number of amides is 2. The third kappa shape index (κ3) is 3.34. The molecule has 160 valence electrons. The highest BCUT2D eigenvalue weighted by Crippen LogP contribution is 2.45. The van der Waals surface area contributed by atoms with Crippen molar-refractivity contribution in [3.63, 3.8) is 0 Å². The highest BCUT2D eigenvalue weighted by atomic mass is 19.1. The number of benzene rings is 2. The molecule has 2 aliphatic heterocycles. The molecule has 3 aromatic rings. The van der Waals surface area contributed by atoms with Crippen LogP contribution in [0.25, 0.3) is 11.0 Å². The third-order valence-corrected chi connectivity index (χ3v) is 6.42. The number of ether oxygens (including phenoxy) is 1. The van der Waals surface area contributed by atoms with Crippen LogP contribution < -0.4 is 10.1 Å². The van der Waals surface area contributed by atoms with Crippen molar-refractivity contribution >= 4 is 22.8 Å². The summed E-state index contributed by atoms with van der Waals surface area (Å²) in [7, 11) is 1.59. The number of hydrogen-bond donors (Lipinski definition) is 1. The smallest absolute Gasteiger partial charge is 0.290 e. The summed E-state index contributed by atoms with van der Waals surface area (Å²) in [6.07, 6.45) is 2.58. The third-order valence-electron chi connectivity index (χ3n) is 6.42. The van der Waals surface area contributed by atoms with Crippen LogP contribution in [0.3, 0.4) is 0 Å². The molecule has 2 aromatic carbocycles. The van der Waals surface area contributed by atoms with Crippen LogP contribution in [-0.2, 0) is 4.79 Å². The van der Waals surface area contributed by atoms with Crippen LogP contribution >= 0.6 is 0 Å². The van der Waals surface area contributed by atoms with E-state index < -0.39 is 11.6 Å². The lowest BCUT2D eigenvalue weighted by molar-refractivity contribution is -0.120. The van der Waals surface area contributed by atoms with Crippen molar-refractivity contribution in [1.82, 2.24) is 10.2 Å². The first-order valence-corrected chi connectivity index (χ1v) is 10.4. The quantitative estimate of drug-likeness (QED) is 0.687. The van der Waals surface area contributed by atoms with Gasteiger partial charge in [-0.05, 0) is 61.2 Å². The lowest BCUT2D eigenvalue weighted by atomic mass is 9.76.